The lowest BCUT2D eigenvalue weighted by Gasteiger charge is -2.28. The van der Waals surface area contributed by atoms with Crippen molar-refractivity contribution < 1.29 is 19.4 Å². The first kappa shape index (κ1) is 15.3. The van der Waals surface area contributed by atoms with E-state index in [0.717, 1.165) is 25.7 Å². The predicted molar refractivity (Wildman–Crippen MR) is 77.6 cm³/mol. The van der Waals surface area contributed by atoms with E-state index >= 15 is 0 Å². The number of hydrogen-bond acceptors (Lipinski definition) is 5. The second kappa shape index (κ2) is 6.56. The molecule has 1 saturated carbocycles. The van der Waals surface area contributed by atoms with Crippen molar-refractivity contribution in [3.05, 3.63) is 23.4 Å². The highest BCUT2D eigenvalue weighted by atomic mass is 16.5. The van der Waals surface area contributed by atoms with E-state index in [0.29, 0.717) is 17.1 Å². The Balaban J connectivity index is 2.29. The minimum absolute atomic E-state index is 0.0747. The fourth-order valence-electron chi connectivity index (χ4n) is 2.79. The van der Waals surface area contributed by atoms with Crippen LogP contribution < -0.4 is 4.90 Å². The highest BCUT2D eigenvalue weighted by Gasteiger charge is 2.26. The van der Waals surface area contributed by atoms with Gasteiger partial charge < -0.3 is 14.7 Å². The number of anilines is 1. The van der Waals surface area contributed by atoms with E-state index in [1.54, 1.807) is 19.1 Å². The molecule has 114 valence electrons. The van der Waals surface area contributed by atoms with Gasteiger partial charge in [0.15, 0.2) is 0 Å². The second-order valence-electron chi connectivity index (χ2n) is 5.25. The van der Waals surface area contributed by atoms with Crippen molar-refractivity contribution >= 4 is 17.8 Å². The molecule has 1 aromatic rings. The summed E-state index contributed by atoms with van der Waals surface area (Å²) < 4.78 is 4.70. The number of carboxylic acid groups (broad SMARTS) is 1. The fraction of sp³-hybridized carbons (Fsp3) is 0.533. The van der Waals surface area contributed by atoms with Crippen molar-refractivity contribution in [1.82, 2.24) is 4.98 Å². The van der Waals surface area contributed by atoms with Crippen LogP contribution in [0.3, 0.4) is 0 Å². The minimum atomic E-state index is -0.876. The lowest BCUT2D eigenvalue weighted by Crippen LogP contribution is -2.38. The van der Waals surface area contributed by atoms with Crippen LogP contribution in [0.2, 0.25) is 0 Å². The molecule has 0 aliphatic heterocycles. The predicted octanol–water partition coefficient (Wildman–Crippen LogP) is 2.01. The van der Waals surface area contributed by atoms with Gasteiger partial charge in [0.2, 0.25) is 0 Å². The highest BCUT2D eigenvalue weighted by Crippen LogP contribution is 2.27. The average Bonchev–Trinajstić information content (AvgIpc) is 2.97. The molecule has 0 saturated heterocycles. The summed E-state index contributed by atoms with van der Waals surface area (Å²) in [4.78, 5) is 28.9. The molecule has 1 N–H and O–H groups in total. The maximum atomic E-state index is 11.6. The molecular weight excluding hydrogens is 272 g/mol. The molecular formula is C15H20N2O4. The topological polar surface area (TPSA) is 79.7 Å². The Morgan fingerprint density at radius 1 is 1.38 bits per heavy atom. The molecule has 0 unspecified atom stereocenters. The van der Waals surface area contributed by atoms with Crippen LogP contribution in [-0.2, 0) is 9.53 Å². The molecule has 0 aromatic carbocycles. The van der Waals surface area contributed by atoms with Gasteiger partial charge >= 0.3 is 11.9 Å². The molecule has 6 nitrogen and oxygen atoms in total. The van der Waals surface area contributed by atoms with Crippen molar-refractivity contribution in [1.29, 1.82) is 0 Å². The van der Waals surface area contributed by atoms with Crippen LogP contribution in [0.15, 0.2) is 12.1 Å². The first-order chi connectivity index (χ1) is 10.0. The molecule has 2 rings (SSSR count). The van der Waals surface area contributed by atoms with Gasteiger partial charge in [-0.05, 0) is 31.9 Å². The number of rotatable bonds is 5. The van der Waals surface area contributed by atoms with E-state index < -0.39 is 11.9 Å². The van der Waals surface area contributed by atoms with Crippen molar-refractivity contribution in [2.75, 3.05) is 18.6 Å². The van der Waals surface area contributed by atoms with E-state index in [4.69, 9.17) is 9.84 Å². The zero-order valence-electron chi connectivity index (χ0n) is 12.3. The summed E-state index contributed by atoms with van der Waals surface area (Å²) in [6, 6.07) is 3.55. The first-order valence-corrected chi connectivity index (χ1v) is 7.07. The number of carboxylic acids is 1. The van der Waals surface area contributed by atoms with Crippen molar-refractivity contribution in [2.45, 2.75) is 38.6 Å². The molecule has 6 heteroatoms. The fourth-order valence-corrected chi connectivity index (χ4v) is 2.79. The molecule has 1 fully saturated rings. The molecule has 0 spiro atoms. The Morgan fingerprint density at radius 3 is 2.57 bits per heavy atom. The van der Waals surface area contributed by atoms with Crippen LogP contribution in [0.25, 0.3) is 0 Å². The van der Waals surface area contributed by atoms with Gasteiger partial charge in [0.1, 0.15) is 12.4 Å². The van der Waals surface area contributed by atoms with Gasteiger partial charge in [-0.15, -0.1) is 0 Å². The summed E-state index contributed by atoms with van der Waals surface area (Å²) in [6.07, 6.45) is 4.18. The summed E-state index contributed by atoms with van der Waals surface area (Å²) in [5.74, 6) is -0.704. The number of nitrogens with zero attached hydrogens (tertiary/aromatic N) is 2. The lowest BCUT2D eigenvalue weighted by atomic mass is 10.1. The summed E-state index contributed by atoms with van der Waals surface area (Å²) in [7, 11) is 1.32. The molecule has 1 aromatic heterocycles. The van der Waals surface area contributed by atoms with Crippen LogP contribution in [-0.4, -0.2) is 41.7 Å². The van der Waals surface area contributed by atoms with Gasteiger partial charge in [0.05, 0.1) is 18.4 Å². The Kier molecular flexibility index (Phi) is 4.77. The van der Waals surface area contributed by atoms with Gasteiger partial charge in [-0.3, -0.25) is 4.79 Å². The molecule has 1 heterocycles. The molecule has 1 aliphatic rings. The maximum Gasteiger partial charge on any atom is 0.339 e. The standard InChI is InChI=1S/C15H20N2O4/c1-10-12(15(20)21-2)7-8-13(16-10)17(9-14(18)19)11-5-3-4-6-11/h7-8,11H,3-6,9H2,1-2H3,(H,18,19). The van der Waals surface area contributed by atoms with E-state index in [2.05, 4.69) is 4.98 Å². The van der Waals surface area contributed by atoms with Gasteiger partial charge in [0, 0.05) is 6.04 Å². The molecule has 21 heavy (non-hydrogen) atoms. The number of ether oxygens (including phenoxy) is 1. The average molecular weight is 292 g/mol. The van der Waals surface area contributed by atoms with Gasteiger partial charge in [-0.2, -0.15) is 0 Å². The van der Waals surface area contributed by atoms with Crippen LogP contribution in [0, 0.1) is 6.92 Å². The lowest BCUT2D eigenvalue weighted by molar-refractivity contribution is -0.135. The summed E-state index contributed by atoms with van der Waals surface area (Å²) in [5, 5.41) is 9.11. The summed E-state index contributed by atoms with van der Waals surface area (Å²) in [5.41, 5.74) is 0.954. The monoisotopic (exact) mass is 292 g/mol. The van der Waals surface area contributed by atoms with E-state index in [9.17, 15) is 9.59 Å². The maximum absolute atomic E-state index is 11.6. The Labute approximate surface area is 123 Å². The number of carbonyl (C=O) groups excluding carboxylic acids is 1. The summed E-state index contributed by atoms with van der Waals surface area (Å²) >= 11 is 0. The smallest absolute Gasteiger partial charge is 0.339 e. The minimum Gasteiger partial charge on any atom is -0.480 e. The number of esters is 1. The molecule has 1 aliphatic carbocycles. The third-order valence-corrected chi connectivity index (χ3v) is 3.84. The van der Waals surface area contributed by atoms with E-state index in [1.165, 1.54) is 7.11 Å². The number of aromatic nitrogens is 1. The second-order valence-corrected chi connectivity index (χ2v) is 5.25. The third kappa shape index (κ3) is 3.51. The van der Waals surface area contributed by atoms with Gasteiger partial charge in [-0.25, -0.2) is 9.78 Å². The normalized spacial score (nSPS) is 15.0. The van der Waals surface area contributed by atoms with Crippen LogP contribution in [0.1, 0.15) is 41.7 Å². The zero-order valence-corrected chi connectivity index (χ0v) is 12.3. The quantitative estimate of drug-likeness (QED) is 0.836. The largest absolute Gasteiger partial charge is 0.480 e. The Morgan fingerprint density at radius 2 is 2.05 bits per heavy atom. The number of hydrogen-bond donors (Lipinski definition) is 1. The van der Waals surface area contributed by atoms with Gasteiger partial charge in [-0.1, -0.05) is 12.8 Å². The third-order valence-electron chi connectivity index (χ3n) is 3.84. The first-order valence-electron chi connectivity index (χ1n) is 7.07. The Hall–Kier alpha value is -2.11. The molecule has 0 atom stereocenters. The number of carbonyl (C=O) groups is 2. The SMILES string of the molecule is COC(=O)c1ccc(N(CC(=O)O)C2CCCC2)nc1C. The van der Waals surface area contributed by atoms with Gasteiger partial charge in [0.25, 0.3) is 0 Å². The number of methoxy groups -OCH3 is 1. The highest BCUT2D eigenvalue weighted by molar-refractivity contribution is 5.90. The van der Waals surface area contributed by atoms with E-state index in [1.807, 2.05) is 4.90 Å². The number of pyridine rings is 1. The van der Waals surface area contributed by atoms with Crippen molar-refractivity contribution in [3.63, 3.8) is 0 Å². The molecule has 0 amide bonds. The summed E-state index contributed by atoms with van der Waals surface area (Å²) in [6.45, 7) is 1.65. The molecule has 0 radical (unpaired) electrons. The van der Waals surface area contributed by atoms with Crippen LogP contribution in [0.5, 0.6) is 0 Å². The number of aryl methyl sites for hydroxylation is 1. The molecule has 0 bridgehead atoms. The Bertz CT molecular complexity index is 538. The zero-order chi connectivity index (χ0) is 15.4. The van der Waals surface area contributed by atoms with Crippen molar-refractivity contribution in [3.8, 4) is 0 Å². The number of aliphatic carboxylic acids is 1. The van der Waals surface area contributed by atoms with E-state index in [-0.39, 0.29) is 12.6 Å². The van der Waals surface area contributed by atoms with Crippen molar-refractivity contribution in [2.24, 2.45) is 0 Å². The van der Waals surface area contributed by atoms with Crippen LogP contribution >= 0.6 is 0 Å². The van der Waals surface area contributed by atoms with Crippen LogP contribution in [0.4, 0.5) is 5.82 Å².